The number of halogens is 1. The Labute approximate surface area is 110 Å². The van der Waals surface area contributed by atoms with Gasteiger partial charge in [-0.2, -0.15) is 5.10 Å². The zero-order chi connectivity index (χ0) is 12.6. The highest BCUT2D eigenvalue weighted by molar-refractivity contribution is 9.10. The van der Waals surface area contributed by atoms with E-state index in [2.05, 4.69) is 47.0 Å². The number of nitrogens with two attached hydrogens (primary N) is 1. The van der Waals surface area contributed by atoms with Crippen LogP contribution < -0.4 is 5.73 Å². The van der Waals surface area contributed by atoms with E-state index in [9.17, 15) is 0 Å². The highest BCUT2D eigenvalue weighted by Gasteiger charge is 2.18. The van der Waals surface area contributed by atoms with Crippen LogP contribution >= 0.6 is 15.9 Å². The summed E-state index contributed by atoms with van der Waals surface area (Å²) in [6, 6.07) is 6.06. The molecule has 1 heterocycles. The lowest BCUT2D eigenvalue weighted by molar-refractivity contribution is 0.669. The fourth-order valence-corrected chi connectivity index (χ4v) is 2.62. The van der Waals surface area contributed by atoms with E-state index < -0.39 is 0 Å². The van der Waals surface area contributed by atoms with Crippen LogP contribution in [0.1, 0.15) is 28.4 Å². The molecule has 0 radical (unpaired) electrons. The summed E-state index contributed by atoms with van der Waals surface area (Å²) in [6.45, 7) is 4.21. The summed E-state index contributed by atoms with van der Waals surface area (Å²) >= 11 is 3.49. The summed E-state index contributed by atoms with van der Waals surface area (Å²) in [4.78, 5) is 0. The lowest BCUT2D eigenvalue weighted by atomic mass is 9.96. The summed E-state index contributed by atoms with van der Waals surface area (Å²) in [5.74, 6) is 0. The SMILES string of the molecule is Cc1cccc(C(N)c2c(Br)cnn2C)c1C. The molecule has 0 amide bonds. The van der Waals surface area contributed by atoms with Crippen molar-refractivity contribution in [1.29, 1.82) is 0 Å². The van der Waals surface area contributed by atoms with Gasteiger partial charge in [-0.3, -0.25) is 4.68 Å². The number of hydrogen-bond donors (Lipinski definition) is 1. The van der Waals surface area contributed by atoms with E-state index >= 15 is 0 Å². The predicted octanol–water partition coefficient (Wildman–Crippen LogP) is 2.85. The molecule has 0 bridgehead atoms. The highest BCUT2D eigenvalue weighted by atomic mass is 79.9. The third kappa shape index (κ3) is 2.15. The highest BCUT2D eigenvalue weighted by Crippen LogP contribution is 2.28. The Kier molecular flexibility index (Phi) is 3.35. The van der Waals surface area contributed by atoms with Gasteiger partial charge in [0.05, 0.1) is 22.4 Å². The van der Waals surface area contributed by atoms with E-state index in [1.54, 1.807) is 6.20 Å². The molecule has 1 aromatic heterocycles. The first-order chi connectivity index (χ1) is 8.02. The Morgan fingerprint density at radius 1 is 1.35 bits per heavy atom. The number of aromatic nitrogens is 2. The van der Waals surface area contributed by atoms with Crippen LogP contribution in [0.15, 0.2) is 28.9 Å². The van der Waals surface area contributed by atoms with E-state index in [0.717, 1.165) is 15.7 Å². The molecule has 1 unspecified atom stereocenters. The van der Waals surface area contributed by atoms with E-state index in [-0.39, 0.29) is 6.04 Å². The second kappa shape index (κ2) is 4.63. The summed E-state index contributed by atoms with van der Waals surface area (Å²) in [5.41, 5.74) is 11.0. The normalized spacial score (nSPS) is 12.8. The molecule has 3 nitrogen and oxygen atoms in total. The van der Waals surface area contributed by atoms with Crippen LogP contribution in [0.3, 0.4) is 0 Å². The second-order valence-electron chi connectivity index (χ2n) is 4.27. The van der Waals surface area contributed by atoms with Crippen LogP contribution in [0.5, 0.6) is 0 Å². The van der Waals surface area contributed by atoms with Gasteiger partial charge in [0.1, 0.15) is 0 Å². The Bertz CT molecular complexity index is 526. The average Bonchev–Trinajstić information content (AvgIpc) is 2.62. The van der Waals surface area contributed by atoms with Gasteiger partial charge in [0, 0.05) is 7.05 Å². The third-order valence-corrected chi connectivity index (χ3v) is 3.82. The van der Waals surface area contributed by atoms with Crippen molar-refractivity contribution >= 4 is 15.9 Å². The molecule has 90 valence electrons. The maximum Gasteiger partial charge on any atom is 0.0737 e. The smallest absolute Gasteiger partial charge is 0.0737 e. The number of benzene rings is 1. The van der Waals surface area contributed by atoms with Crippen LogP contribution in [-0.2, 0) is 7.05 Å². The zero-order valence-corrected chi connectivity index (χ0v) is 11.8. The molecule has 0 saturated heterocycles. The van der Waals surface area contributed by atoms with Crippen molar-refractivity contribution in [1.82, 2.24) is 9.78 Å². The van der Waals surface area contributed by atoms with Gasteiger partial charge < -0.3 is 5.73 Å². The standard InChI is InChI=1S/C13H16BrN3/c1-8-5-4-6-10(9(8)2)12(15)13-11(14)7-16-17(13)3/h4-7,12H,15H2,1-3H3. The molecule has 4 heteroatoms. The van der Waals surface area contributed by atoms with E-state index in [0.29, 0.717) is 0 Å². The van der Waals surface area contributed by atoms with Gasteiger partial charge in [-0.1, -0.05) is 18.2 Å². The van der Waals surface area contributed by atoms with E-state index in [4.69, 9.17) is 5.73 Å². The van der Waals surface area contributed by atoms with Crippen molar-refractivity contribution in [3.8, 4) is 0 Å². The van der Waals surface area contributed by atoms with Gasteiger partial charge in [0.25, 0.3) is 0 Å². The topological polar surface area (TPSA) is 43.8 Å². The molecule has 0 fully saturated rings. The van der Waals surface area contributed by atoms with Crippen molar-refractivity contribution in [2.75, 3.05) is 0 Å². The molecular weight excluding hydrogens is 278 g/mol. The number of nitrogens with zero attached hydrogens (tertiary/aromatic N) is 2. The molecule has 2 rings (SSSR count). The van der Waals surface area contributed by atoms with Crippen LogP contribution in [-0.4, -0.2) is 9.78 Å². The van der Waals surface area contributed by atoms with E-state index in [1.807, 2.05) is 17.8 Å². The summed E-state index contributed by atoms with van der Waals surface area (Å²) in [5, 5.41) is 4.20. The minimum absolute atomic E-state index is 0.156. The molecule has 1 aromatic carbocycles. The van der Waals surface area contributed by atoms with Crippen molar-refractivity contribution in [2.24, 2.45) is 12.8 Å². The minimum Gasteiger partial charge on any atom is -0.319 e. The minimum atomic E-state index is -0.156. The maximum absolute atomic E-state index is 6.34. The molecule has 1 atom stereocenters. The maximum atomic E-state index is 6.34. The second-order valence-corrected chi connectivity index (χ2v) is 5.12. The van der Waals surface area contributed by atoms with Gasteiger partial charge >= 0.3 is 0 Å². The van der Waals surface area contributed by atoms with Crippen LogP contribution in [0.25, 0.3) is 0 Å². The molecule has 0 aliphatic heterocycles. The Morgan fingerprint density at radius 3 is 2.65 bits per heavy atom. The average molecular weight is 294 g/mol. The van der Waals surface area contributed by atoms with Crippen molar-refractivity contribution < 1.29 is 0 Å². The molecule has 2 aromatic rings. The summed E-state index contributed by atoms with van der Waals surface area (Å²) in [7, 11) is 1.91. The molecule has 0 aliphatic carbocycles. The number of aryl methyl sites for hydroxylation is 2. The lowest BCUT2D eigenvalue weighted by Gasteiger charge is -2.17. The first-order valence-corrected chi connectivity index (χ1v) is 6.30. The van der Waals surface area contributed by atoms with Crippen molar-refractivity contribution in [3.63, 3.8) is 0 Å². The fraction of sp³-hybridized carbons (Fsp3) is 0.308. The Morgan fingerprint density at radius 2 is 2.06 bits per heavy atom. The molecule has 2 N–H and O–H groups in total. The van der Waals surface area contributed by atoms with Crippen LogP contribution in [0.2, 0.25) is 0 Å². The molecule has 0 saturated carbocycles. The first-order valence-electron chi connectivity index (χ1n) is 5.51. The summed E-state index contributed by atoms with van der Waals surface area (Å²) in [6.07, 6.45) is 1.78. The zero-order valence-electron chi connectivity index (χ0n) is 10.2. The molecule has 17 heavy (non-hydrogen) atoms. The van der Waals surface area contributed by atoms with Gasteiger partial charge in [-0.25, -0.2) is 0 Å². The van der Waals surface area contributed by atoms with Gasteiger partial charge in [0.15, 0.2) is 0 Å². The van der Waals surface area contributed by atoms with Gasteiger partial charge in [-0.15, -0.1) is 0 Å². The molecular formula is C13H16BrN3. The Hall–Kier alpha value is -1.13. The Balaban J connectivity index is 2.51. The monoisotopic (exact) mass is 293 g/mol. The lowest BCUT2D eigenvalue weighted by Crippen LogP contribution is -2.17. The fourth-order valence-electron chi connectivity index (χ4n) is 2.03. The van der Waals surface area contributed by atoms with E-state index in [1.165, 1.54) is 11.1 Å². The predicted molar refractivity (Wildman–Crippen MR) is 72.9 cm³/mol. The van der Waals surface area contributed by atoms with Crippen molar-refractivity contribution in [2.45, 2.75) is 19.9 Å². The first kappa shape index (κ1) is 12.3. The number of hydrogen-bond acceptors (Lipinski definition) is 2. The third-order valence-electron chi connectivity index (χ3n) is 3.21. The largest absolute Gasteiger partial charge is 0.319 e. The molecule has 0 spiro atoms. The van der Waals surface area contributed by atoms with Crippen LogP contribution in [0, 0.1) is 13.8 Å². The van der Waals surface area contributed by atoms with Crippen molar-refractivity contribution in [3.05, 3.63) is 51.3 Å². The van der Waals surface area contributed by atoms with Gasteiger partial charge in [0.2, 0.25) is 0 Å². The van der Waals surface area contributed by atoms with Crippen LogP contribution in [0.4, 0.5) is 0 Å². The van der Waals surface area contributed by atoms with Gasteiger partial charge in [-0.05, 0) is 46.5 Å². The number of rotatable bonds is 2. The quantitative estimate of drug-likeness (QED) is 0.925. The summed E-state index contributed by atoms with van der Waals surface area (Å²) < 4.78 is 2.77. The molecule has 0 aliphatic rings.